The fourth-order valence-corrected chi connectivity index (χ4v) is 1.26. The van der Waals surface area contributed by atoms with Gasteiger partial charge in [-0.05, 0) is 38.0 Å². The first-order chi connectivity index (χ1) is 7.86. The fraction of sp³-hybridized carbons (Fsp3) is 0.462. The van der Waals surface area contributed by atoms with E-state index in [1.807, 2.05) is 0 Å². The van der Waals surface area contributed by atoms with Crippen molar-refractivity contribution < 1.29 is 9.18 Å². The van der Waals surface area contributed by atoms with Gasteiger partial charge in [0, 0.05) is 13.1 Å². The van der Waals surface area contributed by atoms with E-state index in [4.69, 9.17) is 5.73 Å². The minimum atomic E-state index is -0.594. The molecule has 1 rings (SSSR count). The highest BCUT2D eigenvalue weighted by molar-refractivity contribution is 5.81. The van der Waals surface area contributed by atoms with Crippen molar-refractivity contribution in [1.29, 1.82) is 0 Å². The van der Waals surface area contributed by atoms with Crippen LogP contribution < -0.4 is 11.1 Å². The number of aryl methyl sites for hydroxylation is 1. The molecule has 0 radical (unpaired) electrons. The quantitative estimate of drug-likeness (QED) is 0.839. The molecular weight excluding hydrogens is 219 g/mol. The number of rotatable bonds is 4. The van der Waals surface area contributed by atoms with E-state index in [-0.39, 0.29) is 18.3 Å². The minimum Gasteiger partial charge on any atom is -0.352 e. The van der Waals surface area contributed by atoms with E-state index >= 15 is 0 Å². The number of nitrogens with two attached hydrogens (primary N) is 1. The van der Waals surface area contributed by atoms with E-state index in [1.165, 1.54) is 6.07 Å². The molecule has 0 spiro atoms. The van der Waals surface area contributed by atoms with Crippen LogP contribution in [0.25, 0.3) is 0 Å². The lowest BCUT2D eigenvalue weighted by atomic mass is 9.92. The molecule has 1 aromatic carbocycles. The van der Waals surface area contributed by atoms with Gasteiger partial charge in [0.2, 0.25) is 5.91 Å². The van der Waals surface area contributed by atoms with Crippen LogP contribution in [0, 0.1) is 18.2 Å². The monoisotopic (exact) mass is 238 g/mol. The van der Waals surface area contributed by atoms with E-state index in [0.717, 1.165) is 5.56 Å². The maximum absolute atomic E-state index is 13.3. The third-order valence-electron chi connectivity index (χ3n) is 2.81. The highest BCUT2D eigenvalue weighted by atomic mass is 19.1. The molecule has 0 saturated heterocycles. The number of hydrogen-bond acceptors (Lipinski definition) is 2. The lowest BCUT2D eigenvalue weighted by Gasteiger charge is -2.21. The molecule has 4 heteroatoms. The van der Waals surface area contributed by atoms with Gasteiger partial charge in [0.25, 0.3) is 0 Å². The normalized spacial score (nSPS) is 11.4. The van der Waals surface area contributed by atoms with E-state index in [9.17, 15) is 9.18 Å². The van der Waals surface area contributed by atoms with Gasteiger partial charge < -0.3 is 11.1 Å². The molecule has 0 bridgehead atoms. The summed E-state index contributed by atoms with van der Waals surface area (Å²) in [4.78, 5) is 11.7. The summed E-state index contributed by atoms with van der Waals surface area (Å²) < 4.78 is 13.3. The second kappa shape index (κ2) is 5.27. The first kappa shape index (κ1) is 13.6. The number of nitrogens with one attached hydrogen (secondary N) is 1. The van der Waals surface area contributed by atoms with Gasteiger partial charge in [-0.25, -0.2) is 4.39 Å². The number of benzene rings is 1. The van der Waals surface area contributed by atoms with Crippen LogP contribution >= 0.6 is 0 Å². The summed E-state index contributed by atoms with van der Waals surface area (Å²) in [7, 11) is 0. The Kier molecular flexibility index (Phi) is 4.23. The Balaban J connectivity index is 2.62. The molecule has 1 amide bonds. The van der Waals surface area contributed by atoms with Crippen molar-refractivity contribution in [2.45, 2.75) is 27.3 Å². The van der Waals surface area contributed by atoms with Gasteiger partial charge >= 0.3 is 0 Å². The Labute approximate surface area is 101 Å². The molecule has 1 aromatic rings. The van der Waals surface area contributed by atoms with Gasteiger partial charge in [-0.3, -0.25) is 4.79 Å². The average molecular weight is 238 g/mol. The summed E-state index contributed by atoms with van der Waals surface area (Å²) >= 11 is 0. The lowest BCUT2D eigenvalue weighted by molar-refractivity contribution is -0.129. The predicted octanol–water partition coefficient (Wildman–Crippen LogP) is 1.74. The highest BCUT2D eigenvalue weighted by Crippen LogP contribution is 2.13. The number of halogens is 1. The predicted molar refractivity (Wildman–Crippen MR) is 65.8 cm³/mol. The largest absolute Gasteiger partial charge is 0.352 e. The van der Waals surface area contributed by atoms with E-state index < -0.39 is 5.41 Å². The zero-order valence-corrected chi connectivity index (χ0v) is 10.5. The minimum absolute atomic E-state index is 0.124. The van der Waals surface area contributed by atoms with Crippen molar-refractivity contribution in [2.24, 2.45) is 11.1 Å². The molecule has 17 heavy (non-hydrogen) atoms. The molecule has 3 nitrogen and oxygen atoms in total. The molecule has 0 unspecified atom stereocenters. The molecule has 0 aromatic heterocycles. The first-order valence-electron chi connectivity index (χ1n) is 5.60. The molecule has 0 aliphatic heterocycles. The maximum Gasteiger partial charge on any atom is 0.227 e. The van der Waals surface area contributed by atoms with Crippen LogP contribution in [-0.2, 0) is 11.3 Å². The van der Waals surface area contributed by atoms with Gasteiger partial charge in [0.1, 0.15) is 5.82 Å². The number of amides is 1. The Bertz CT molecular complexity index is 416. The third kappa shape index (κ3) is 3.53. The van der Waals surface area contributed by atoms with Crippen LogP contribution in [0.1, 0.15) is 25.0 Å². The van der Waals surface area contributed by atoms with Crippen LogP contribution in [0.15, 0.2) is 18.2 Å². The van der Waals surface area contributed by atoms with E-state index in [1.54, 1.807) is 32.9 Å². The Morgan fingerprint density at radius 2 is 2.12 bits per heavy atom. The summed E-state index contributed by atoms with van der Waals surface area (Å²) in [5.41, 5.74) is 6.25. The third-order valence-corrected chi connectivity index (χ3v) is 2.81. The van der Waals surface area contributed by atoms with Gasteiger partial charge in [-0.1, -0.05) is 12.1 Å². The second-order valence-corrected chi connectivity index (χ2v) is 4.85. The van der Waals surface area contributed by atoms with Crippen molar-refractivity contribution >= 4 is 5.91 Å². The molecule has 0 atom stereocenters. The van der Waals surface area contributed by atoms with Crippen molar-refractivity contribution in [3.8, 4) is 0 Å². The lowest BCUT2D eigenvalue weighted by Crippen LogP contribution is -2.41. The van der Waals surface area contributed by atoms with Gasteiger partial charge in [0.15, 0.2) is 0 Å². The van der Waals surface area contributed by atoms with Crippen LogP contribution in [-0.4, -0.2) is 12.5 Å². The molecule has 0 heterocycles. The Morgan fingerprint density at radius 3 is 2.65 bits per heavy atom. The van der Waals surface area contributed by atoms with E-state index in [2.05, 4.69) is 5.32 Å². The topological polar surface area (TPSA) is 55.1 Å². The van der Waals surface area contributed by atoms with Gasteiger partial charge in [-0.15, -0.1) is 0 Å². The average Bonchev–Trinajstić information content (AvgIpc) is 2.30. The number of carbonyl (C=O) groups excluding carboxylic acids is 1. The molecule has 94 valence electrons. The van der Waals surface area contributed by atoms with E-state index in [0.29, 0.717) is 12.1 Å². The molecule has 0 saturated carbocycles. The first-order valence-corrected chi connectivity index (χ1v) is 5.60. The standard InChI is InChI=1S/C13H19FN2O/c1-9-4-5-10(6-11(9)14)7-16-12(17)13(2,3)8-15/h4-6H,7-8,15H2,1-3H3,(H,16,17). The SMILES string of the molecule is Cc1ccc(CNC(=O)C(C)(C)CN)cc1F. The van der Waals surface area contributed by atoms with Gasteiger partial charge in [-0.2, -0.15) is 0 Å². The highest BCUT2D eigenvalue weighted by Gasteiger charge is 2.25. The maximum atomic E-state index is 13.3. The van der Waals surface area contributed by atoms with Crippen molar-refractivity contribution in [2.75, 3.05) is 6.54 Å². The van der Waals surface area contributed by atoms with Gasteiger partial charge in [0.05, 0.1) is 5.41 Å². The summed E-state index contributed by atoms with van der Waals surface area (Å²) in [5.74, 6) is -0.379. The van der Waals surface area contributed by atoms with Crippen LogP contribution in [0.5, 0.6) is 0 Å². The zero-order valence-electron chi connectivity index (χ0n) is 10.5. The summed E-state index contributed by atoms with van der Waals surface area (Å²) in [5, 5.41) is 2.75. The number of hydrogen-bond donors (Lipinski definition) is 2. The molecular formula is C13H19FN2O. The van der Waals surface area contributed by atoms with Crippen molar-refractivity contribution in [3.05, 3.63) is 35.1 Å². The van der Waals surface area contributed by atoms with Crippen LogP contribution in [0.2, 0.25) is 0 Å². The molecule has 0 aliphatic rings. The molecule has 0 fully saturated rings. The fourth-order valence-electron chi connectivity index (χ4n) is 1.26. The number of carbonyl (C=O) groups is 1. The summed E-state index contributed by atoms with van der Waals surface area (Å²) in [6, 6.07) is 4.93. The van der Waals surface area contributed by atoms with Crippen molar-refractivity contribution in [1.82, 2.24) is 5.32 Å². The smallest absolute Gasteiger partial charge is 0.227 e. The Morgan fingerprint density at radius 1 is 1.47 bits per heavy atom. The second-order valence-electron chi connectivity index (χ2n) is 4.85. The summed E-state index contributed by atoms with van der Waals surface area (Å²) in [6.07, 6.45) is 0. The van der Waals surface area contributed by atoms with Crippen LogP contribution in [0.3, 0.4) is 0 Å². The van der Waals surface area contributed by atoms with Crippen molar-refractivity contribution in [3.63, 3.8) is 0 Å². The zero-order chi connectivity index (χ0) is 13.1. The molecule has 3 N–H and O–H groups in total. The van der Waals surface area contributed by atoms with Crippen LogP contribution in [0.4, 0.5) is 4.39 Å². The molecule has 0 aliphatic carbocycles. The Hall–Kier alpha value is -1.42. The summed E-state index contributed by atoms with van der Waals surface area (Å²) in [6.45, 7) is 5.85.